The van der Waals surface area contributed by atoms with Gasteiger partial charge in [0.15, 0.2) is 11.5 Å². The van der Waals surface area contributed by atoms with Gasteiger partial charge in [0.25, 0.3) is 0 Å². The van der Waals surface area contributed by atoms with Crippen molar-refractivity contribution in [2.75, 3.05) is 23.7 Å². The molecule has 0 amide bonds. The quantitative estimate of drug-likeness (QED) is 0.837. The van der Waals surface area contributed by atoms with Gasteiger partial charge in [0.05, 0.1) is 6.20 Å². The standard InChI is InChI=1S/C14H21N5/c1-3-14(5-6-14)10-17-12-13-16-7-8-19(13)9-11(18-12)15-4-2/h7-9,15H,3-6,10H2,1-2H3,(H,17,18). The van der Waals surface area contributed by atoms with E-state index in [9.17, 15) is 0 Å². The van der Waals surface area contributed by atoms with Crippen LogP contribution in [0.15, 0.2) is 18.6 Å². The van der Waals surface area contributed by atoms with Crippen molar-refractivity contribution in [3.8, 4) is 0 Å². The van der Waals surface area contributed by atoms with Crippen LogP contribution in [0, 0.1) is 5.41 Å². The molecule has 1 saturated carbocycles. The van der Waals surface area contributed by atoms with E-state index >= 15 is 0 Å². The first-order chi connectivity index (χ1) is 9.26. The summed E-state index contributed by atoms with van der Waals surface area (Å²) in [4.78, 5) is 9.00. The Balaban J connectivity index is 1.85. The summed E-state index contributed by atoms with van der Waals surface area (Å²) in [5.74, 6) is 1.76. The maximum absolute atomic E-state index is 4.62. The van der Waals surface area contributed by atoms with Gasteiger partial charge in [-0.1, -0.05) is 6.92 Å². The Hall–Kier alpha value is -1.78. The Morgan fingerprint density at radius 2 is 2.16 bits per heavy atom. The van der Waals surface area contributed by atoms with E-state index in [1.54, 1.807) is 0 Å². The van der Waals surface area contributed by atoms with E-state index < -0.39 is 0 Å². The molecule has 19 heavy (non-hydrogen) atoms. The minimum atomic E-state index is 0.499. The van der Waals surface area contributed by atoms with Crippen LogP contribution in [0.2, 0.25) is 0 Å². The summed E-state index contributed by atoms with van der Waals surface area (Å²) in [6.07, 6.45) is 9.63. The Labute approximate surface area is 113 Å². The van der Waals surface area contributed by atoms with Crippen molar-refractivity contribution in [1.29, 1.82) is 0 Å². The summed E-state index contributed by atoms with van der Waals surface area (Å²) >= 11 is 0. The molecule has 0 unspecified atom stereocenters. The maximum Gasteiger partial charge on any atom is 0.180 e. The number of aromatic nitrogens is 3. The molecule has 0 spiro atoms. The fraction of sp³-hybridized carbons (Fsp3) is 0.571. The van der Waals surface area contributed by atoms with Gasteiger partial charge < -0.3 is 15.0 Å². The molecule has 0 aromatic carbocycles. The van der Waals surface area contributed by atoms with Gasteiger partial charge in [-0.05, 0) is 31.6 Å². The fourth-order valence-electron chi connectivity index (χ4n) is 2.42. The van der Waals surface area contributed by atoms with Gasteiger partial charge in [-0.3, -0.25) is 0 Å². The summed E-state index contributed by atoms with van der Waals surface area (Å²) in [7, 11) is 0. The third-order valence-corrected chi connectivity index (χ3v) is 4.07. The first-order valence-corrected chi connectivity index (χ1v) is 7.08. The first kappa shape index (κ1) is 12.3. The average Bonchev–Trinajstić information content (AvgIpc) is 3.05. The second-order valence-electron chi connectivity index (χ2n) is 5.37. The maximum atomic E-state index is 4.62. The molecule has 1 aliphatic carbocycles. The lowest BCUT2D eigenvalue weighted by molar-refractivity contribution is 0.521. The highest BCUT2D eigenvalue weighted by molar-refractivity contribution is 5.65. The van der Waals surface area contributed by atoms with E-state index in [4.69, 9.17) is 0 Å². The second kappa shape index (κ2) is 4.72. The molecule has 0 radical (unpaired) electrons. The zero-order valence-electron chi connectivity index (χ0n) is 11.6. The lowest BCUT2D eigenvalue weighted by Crippen LogP contribution is -2.16. The number of rotatable bonds is 6. The fourth-order valence-corrected chi connectivity index (χ4v) is 2.42. The number of hydrogen-bond acceptors (Lipinski definition) is 4. The van der Waals surface area contributed by atoms with Gasteiger partial charge in [-0.15, -0.1) is 0 Å². The number of nitrogens with zero attached hydrogens (tertiary/aromatic N) is 3. The molecule has 0 saturated heterocycles. The van der Waals surface area contributed by atoms with Crippen LogP contribution in [0.4, 0.5) is 11.6 Å². The van der Waals surface area contributed by atoms with Gasteiger partial charge in [-0.25, -0.2) is 9.97 Å². The van der Waals surface area contributed by atoms with E-state index in [1.165, 1.54) is 19.3 Å². The molecule has 0 aliphatic heterocycles. The molecule has 2 aromatic heterocycles. The van der Waals surface area contributed by atoms with Crippen LogP contribution in [0.1, 0.15) is 33.1 Å². The number of fused-ring (bicyclic) bond motifs is 1. The molecule has 0 atom stereocenters. The van der Waals surface area contributed by atoms with E-state index in [1.807, 2.05) is 23.0 Å². The summed E-state index contributed by atoms with van der Waals surface area (Å²) in [6.45, 7) is 6.20. The Bertz CT molecular complexity index is 570. The van der Waals surface area contributed by atoms with E-state index in [0.29, 0.717) is 5.41 Å². The third kappa shape index (κ3) is 2.37. The Morgan fingerprint density at radius 1 is 1.32 bits per heavy atom. The molecule has 5 heteroatoms. The Kier molecular flexibility index (Phi) is 3.05. The minimum Gasteiger partial charge on any atom is -0.369 e. The van der Waals surface area contributed by atoms with Crippen molar-refractivity contribution in [1.82, 2.24) is 14.4 Å². The van der Waals surface area contributed by atoms with Crippen LogP contribution in [-0.2, 0) is 0 Å². The van der Waals surface area contributed by atoms with Crippen LogP contribution in [-0.4, -0.2) is 27.5 Å². The van der Waals surface area contributed by atoms with E-state index in [-0.39, 0.29) is 0 Å². The topological polar surface area (TPSA) is 54.2 Å². The number of imidazole rings is 1. The molecule has 3 rings (SSSR count). The molecule has 0 bridgehead atoms. The molecule has 2 N–H and O–H groups in total. The summed E-state index contributed by atoms with van der Waals surface area (Å²) in [6, 6.07) is 0. The van der Waals surface area contributed by atoms with Crippen LogP contribution >= 0.6 is 0 Å². The van der Waals surface area contributed by atoms with Gasteiger partial charge in [-0.2, -0.15) is 0 Å². The third-order valence-electron chi connectivity index (χ3n) is 4.07. The molecular formula is C14H21N5. The SMILES string of the molecule is CCNc1cn2ccnc2c(NCC2(CC)CC2)n1. The molecule has 102 valence electrons. The zero-order valence-corrected chi connectivity index (χ0v) is 11.6. The van der Waals surface area contributed by atoms with Crippen molar-refractivity contribution >= 4 is 17.3 Å². The molecular weight excluding hydrogens is 238 g/mol. The molecule has 2 heterocycles. The zero-order chi connectivity index (χ0) is 13.3. The predicted molar refractivity (Wildman–Crippen MR) is 77.6 cm³/mol. The van der Waals surface area contributed by atoms with E-state index in [0.717, 1.165) is 30.4 Å². The number of nitrogens with one attached hydrogen (secondary N) is 2. The van der Waals surface area contributed by atoms with Crippen LogP contribution in [0.3, 0.4) is 0 Å². The van der Waals surface area contributed by atoms with Crippen LogP contribution < -0.4 is 10.6 Å². The molecule has 5 nitrogen and oxygen atoms in total. The van der Waals surface area contributed by atoms with Crippen LogP contribution in [0.5, 0.6) is 0 Å². The summed E-state index contributed by atoms with van der Waals surface area (Å²) < 4.78 is 2.01. The van der Waals surface area contributed by atoms with Crippen molar-refractivity contribution in [3.05, 3.63) is 18.6 Å². The molecule has 1 fully saturated rings. The van der Waals surface area contributed by atoms with Crippen LogP contribution in [0.25, 0.3) is 5.65 Å². The normalized spacial score (nSPS) is 16.5. The highest BCUT2D eigenvalue weighted by Crippen LogP contribution is 2.48. The highest BCUT2D eigenvalue weighted by Gasteiger charge is 2.40. The van der Waals surface area contributed by atoms with Gasteiger partial charge in [0.1, 0.15) is 5.82 Å². The summed E-state index contributed by atoms with van der Waals surface area (Å²) in [5, 5.41) is 6.75. The predicted octanol–water partition coefficient (Wildman–Crippen LogP) is 2.76. The first-order valence-electron chi connectivity index (χ1n) is 7.08. The number of hydrogen-bond donors (Lipinski definition) is 2. The lowest BCUT2D eigenvalue weighted by Gasteiger charge is -2.15. The smallest absolute Gasteiger partial charge is 0.180 e. The van der Waals surface area contributed by atoms with Crippen molar-refractivity contribution in [2.24, 2.45) is 5.41 Å². The largest absolute Gasteiger partial charge is 0.369 e. The van der Waals surface area contributed by atoms with Crippen molar-refractivity contribution < 1.29 is 0 Å². The van der Waals surface area contributed by atoms with Crippen molar-refractivity contribution in [2.45, 2.75) is 33.1 Å². The second-order valence-corrected chi connectivity index (χ2v) is 5.37. The highest BCUT2D eigenvalue weighted by atomic mass is 15.1. The monoisotopic (exact) mass is 259 g/mol. The van der Waals surface area contributed by atoms with Crippen molar-refractivity contribution in [3.63, 3.8) is 0 Å². The van der Waals surface area contributed by atoms with E-state index in [2.05, 4.69) is 34.4 Å². The van der Waals surface area contributed by atoms with Gasteiger partial charge in [0.2, 0.25) is 0 Å². The minimum absolute atomic E-state index is 0.499. The lowest BCUT2D eigenvalue weighted by atomic mass is 10.0. The average molecular weight is 259 g/mol. The Morgan fingerprint density at radius 3 is 2.84 bits per heavy atom. The van der Waals surface area contributed by atoms with Gasteiger partial charge in [0, 0.05) is 25.5 Å². The van der Waals surface area contributed by atoms with Gasteiger partial charge >= 0.3 is 0 Å². The molecule has 2 aromatic rings. The summed E-state index contributed by atoms with van der Waals surface area (Å²) in [5.41, 5.74) is 1.40. The number of anilines is 2. The molecule has 1 aliphatic rings.